The number of thiophene rings is 1. The highest BCUT2D eigenvalue weighted by molar-refractivity contribution is 7.20. The number of pyridine rings is 1. The number of aliphatic hydroxyl groups is 1. The number of fused-ring (bicyclic) bond motifs is 1. The summed E-state index contributed by atoms with van der Waals surface area (Å²) in [6.45, 7) is 4.93. The van der Waals surface area contributed by atoms with Crippen molar-refractivity contribution in [2.75, 3.05) is 33.4 Å². The van der Waals surface area contributed by atoms with Gasteiger partial charge in [0.05, 0.1) is 18.6 Å². The molecule has 1 unspecified atom stereocenters. The molecule has 1 atom stereocenters. The second kappa shape index (κ2) is 9.12. The first-order chi connectivity index (χ1) is 14.6. The fraction of sp³-hybridized carbons (Fsp3) is 0.391. The summed E-state index contributed by atoms with van der Waals surface area (Å²) in [5, 5.41) is 13.0. The minimum Gasteiger partial charge on any atom is -0.496 e. The highest BCUT2D eigenvalue weighted by Gasteiger charge is 2.31. The molecule has 30 heavy (non-hydrogen) atoms. The van der Waals surface area contributed by atoms with E-state index in [4.69, 9.17) is 9.84 Å². The van der Waals surface area contributed by atoms with Crippen molar-refractivity contribution in [2.45, 2.75) is 25.8 Å². The molecule has 158 valence electrons. The number of aromatic nitrogens is 1. The number of hydrogen-bond donors (Lipinski definition) is 2. The molecule has 0 spiro atoms. The molecule has 6 nitrogen and oxygen atoms in total. The zero-order chi connectivity index (χ0) is 21.1. The molecular weight excluding hydrogens is 398 g/mol. The van der Waals surface area contributed by atoms with Crippen molar-refractivity contribution in [3.8, 4) is 5.75 Å². The number of hydrogen-bond acceptors (Lipinski definition) is 6. The minimum atomic E-state index is -0.124. The average molecular weight is 426 g/mol. The molecule has 2 N–H and O–H groups in total. The maximum atomic E-state index is 12.8. The van der Waals surface area contributed by atoms with Gasteiger partial charge >= 0.3 is 0 Å². The molecule has 1 aromatic carbocycles. The fourth-order valence-electron chi connectivity index (χ4n) is 4.21. The summed E-state index contributed by atoms with van der Waals surface area (Å²) in [7, 11) is 1.72. The van der Waals surface area contributed by atoms with Gasteiger partial charge in [-0.05, 0) is 43.1 Å². The SMILES string of the molecule is COc1cc(C)ccc1CN1CCC(c2c(C(=O)NCCO)sc3ncccc23)C1. The van der Waals surface area contributed by atoms with Crippen LogP contribution in [-0.4, -0.2) is 54.2 Å². The van der Waals surface area contributed by atoms with E-state index >= 15 is 0 Å². The number of carbonyl (C=O) groups is 1. The molecule has 3 aromatic rings. The number of ether oxygens (including phenoxy) is 1. The Morgan fingerprint density at radius 3 is 3.07 bits per heavy atom. The van der Waals surface area contributed by atoms with E-state index in [-0.39, 0.29) is 25.0 Å². The molecule has 1 amide bonds. The molecule has 0 saturated carbocycles. The largest absolute Gasteiger partial charge is 0.496 e. The second-order valence-electron chi connectivity index (χ2n) is 7.72. The number of methoxy groups -OCH3 is 1. The Bertz CT molecular complexity index is 1050. The molecule has 3 heterocycles. The molecule has 7 heteroatoms. The zero-order valence-electron chi connectivity index (χ0n) is 17.4. The Balaban J connectivity index is 1.58. The predicted molar refractivity (Wildman–Crippen MR) is 119 cm³/mol. The summed E-state index contributed by atoms with van der Waals surface area (Å²) >= 11 is 1.44. The maximum Gasteiger partial charge on any atom is 0.261 e. The van der Waals surface area contributed by atoms with Gasteiger partial charge in [0.1, 0.15) is 10.6 Å². The number of aryl methyl sites for hydroxylation is 1. The van der Waals surface area contributed by atoms with Crippen molar-refractivity contribution in [1.82, 2.24) is 15.2 Å². The van der Waals surface area contributed by atoms with E-state index in [0.29, 0.717) is 0 Å². The highest BCUT2D eigenvalue weighted by Crippen LogP contribution is 2.40. The quantitative estimate of drug-likeness (QED) is 0.607. The normalized spacial score (nSPS) is 16.8. The van der Waals surface area contributed by atoms with E-state index in [1.165, 1.54) is 22.5 Å². The lowest BCUT2D eigenvalue weighted by molar-refractivity contribution is 0.0947. The van der Waals surface area contributed by atoms with Crippen LogP contribution >= 0.6 is 11.3 Å². The molecular formula is C23H27N3O3S. The number of carbonyl (C=O) groups excluding carboxylic acids is 1. The van der Waals surface area contributed by atoms with E-state index in [0.717, 1.165) is 52.5 Å². The first-order valence-corrected chi connectivity index (χ1v) is 11.0. The first-order valence-electron chi connectivity index (χ1n) is 10.2. The molecule has 0 bridgehead atoms. The summed E-state index contributed by atoms with van der Waals surface area (Å²) < 4.78 is 5.57. The molecule has 1 saturated heterocycles. The molecule has 0 aliphatic carbocycles. The average Bonchev–Trinajstić information content (AvgIpc) is 3.37. The topological polar surface area (TPSA) is 74.7 Å². The minimum absolute atomic E-state index is 0.0696. The van der Waals surface area contributed by atoms with Crippen LogP contribution in [0.1, 0.15) is 38.7 Å². The number of amides is 1. The van der Waals surface area contributed by atoms with Gasteiger partial charge in [-0.15, -0.1) is 11.3 Å². The monoisotopic (exact) mass is 425 g/mol. The van der Waals surface area contributed by atoms with Crippen LogP contribution < -0.4 is 10.1 Å². The summed E-state index contributed by atoms with van der Waals surface area (Å²) in [6, 6.07) is 10.3. The third-order valence-electron chi connectivity index (χ3n) is 5.63. The number of nitrogens with zero attached hydrogens (tertiary/aromatic N) is 2. The summed E-state index contributed by atoms with van der Waals surface area (Å²) in [6.07, 6.45) is 2.76. The number of nitrogens with one attached hydrogen (secondary N) is 1. The van der Waals surface area contributed by atoms with Crippen LogP contribution in [0.4, 0.5) is 0 Å². The Morgan fingerprint density at radius 1 is 1.40 bits per heavy atom. The van der Waals surface area contributed by atoms with Crippen molar-refractivity contribution in [2.24, 2.45) is 0 Å². The van der Waals surface area contributed by atoms with Gasteiger partial charge in [0, 0.05) is 42.7 Å². The van der Waals surface area contributed by atoms with E-state index < -0.39 is 0 Å². The Labute approximate surface area is 180 Å². The van der Waals surface area contributed by atoms with Crippen molar-refractivity contribution >= 4 is 27.5 Å². The maximum absolute atomic E-state index is 12.8. The Kier molecular flexibility index (Phi) is 6.32. The van der Waals surface area contributed by atoms with Gasteiger partial charge < -0.3 is 15.2 Å². The van der Waals surface area contributed by atoms with Gasteiger partial charge in [-0.1, -0.05) is 18.2 Å². The van der Waals surface area contributed by atoms with Gasteiger partial charge in [0.25, 0.3) is 5.91 Å². The Hall–Kier alpha value is -2.48. The van der Waals surface area contributed by atoms with Gasteiger partial charge in [0.2, 0.25) is 0 Å². The summed E-state index contributed by atoms with van der Waals surface area (Å²) in [4.78, 5) is 21.3. The van der Waals surface area contributed by atoms with Crippen molar-refractivity contribution in [1.29, 1.82) is 0 Å². The van der Waals surface area contributed by atoms with Gasteiger partial charge in [-0.25, -0.2) is 4.98 Å². The summed E-state index contributed by atoms with van der Waals surface area (Å²) in [5.74, 6) is 1.07. The fourth-order valence-corrected chi connectivity index (χ4v) is 5.36. The predicted octanol–water partition coefficient (Wildman–Crippen LogP) is 3.32. The highest BCUT2D eigenvalue weighted by atomic mass is 32.1. The van der Waals surface area contributed by atoms with Crippen molar-refractivity contribution in [3.05, 3.63) is 58.1 Å². The standard InChI is InChI=1S/C23H27N3O3S/c1-15-5-6-16(19(12-15)29-2)13-26-10-7-17(14-26)20-18-4-3-8-25-23(18)30-21(20)22(28)24-9-11-27/h3-6,8,12,17,27H,7,9-11,13-14H2,1-2H3,(H,24,28). The van der Waals surface area contributed by atoms with Crippen molar-refractivity contribution < 1.29 is 14.6 Å². The van der Waals surface area contributed by atoms with Gasteiger partial charge in [0.15, 0.2) is 0 Å². The number of aliphatic hydroxyl groups excluding tert-OH is 1. The number of likely N-dealkylation sites (tertiary alicyclic amines) is 1. The Morgan fingerprint density at radius 2 is 2.27 bits per heavy atom. The van der Waals surface area contributed by atoms with Crippen LogP contribution in [0.15, 0.2) is 36.5 Å². The van der Waals surface area contributed by atoms with Crippen LogP contribution in [-0.2, 0) is 6.54 Å². The molecule has 0 radical (unpaired) electrons. The van der Waals surface area contributed by atoms with E-state index in [1.807, 2.05) is 6.07 Å². The first kappa shape index (κ1) is 20.8. The second-order valence-corrected chi connectivity index (χ2v) is 8.72. The number of rotatable bonds is 7. The van der Waals surface area contributed by atoms with Gasteiger partial charge in [-0.3, -0.25) is 9.69 Å². The zero-order valence-corrected chi connectivity index (χ0v) is 18.2. The van der Waals surface area contributed by atoms with Crippen LogP contribution in [0.5, 0.6) is 5.75 Å². The molecule has 1 fully saturated rings. The third kappa shape index (κ3) is 4.19. The van der Waals surface area contributed by atoms with Crippen LogP contribution in [0, 0.1) is 6.92 Å². The van der Waals surface area contributed by atoms with Crippen molar-refractivity contribution in [3.63, 3.8) is 0 Å². The smallest absolute Gasteiger partial charge is 0.261 e. The van der Waals surface area contributed by atoms with Gasteiger partial charge in [-0.2, -0.15) is 0 Å². The number of benzene rings is 1. The molecule has 1 aliphatic heterocycles. The molecule has 2 aromatic heterocycles. The van der Waals surface area contributed by atoms with E-state index in [9.17, 15) is 4.79 Å². The van der Waals surface area contributed by atoms with E-state index in [1.54, 1.807) is 13.3 Å². The van der Waals surface area contributed by atoms with E-state index in [2.05, 4.69) is 46.4 Å². The third-order valence-corrected chi connectivity index (χ3v) is 6.75. The van der Waals surface area contributed by atoms with Crippen LogP contribution in [0.25, 0.3) is 10.2 Å². The lowest BCUT2D eigenvalue weighted by Crippen LogP contribution is -2.27. The summed E-state index contributed by atoms with van der Waals surface area (Å²) in [5.41, 5.74) is 3.46. The van der Waals surface area contributed by atoms with Crippen LogP contribution in [0.3, 0.4) is 0 Å². The lowest BCUT2D eigenvalue weighted by atomic mass is 9.95. The lowest BCUT2D eigenvalue weighted by Gasteiger charge is -2.19. The molecule has 4 rings (SSSR count). The molecule has 1 aliphatic rings. The van der Waals surface area contributed by atoms with Crippen LogP contribution in [0.2, 0.25) is 0 Å².